The van der Waals surface area contributed by atoms with Crippen molar-refractivity contribution in [2.24, 2.45) is 0 Å². The minimum absolute atomic E-state index is 0.0333. The molecule has 126 valence electrons. The lowest BCUT2D eigenvalue weighted by Gasteiger charge is -2.14. The Morgan fingerprint density at radius 1 is 1.17 bits per heavy atom. The van der Waals surface area contributed by atoms with Gasteiger partial charge < -0.3 is 4.74 Å². The van der Waals surface area contributed by atoms with Crippen molar-refractivity contribution >= 4 is 22.5 Å². The first kappa shape index (κ1) is 17.8. The van der Waals surface area contributed by atoms with Gasteiger partial charge in [-0.15, -0.1) is 0 Å². The maximum Gasteiger partial charge on any atom is 0.322 e. The fraction of sp³-hybridized carbons (Fsp3) is 0.235. The van der Waals surface area contributed by atoms with E-state index in [1.807, 2.05) is 30.3 Å². The standard InChI is InChI=1S/C17H17NO5S/c1-2-15(17(19)23-12-13-8-4-3-5-9-13)24(22)16-11-7-6-10-14(16)18(20)21/h3-11,15H,2,12H2,1H3. The van der Waals surface area contributed by atoms with Gasteiger partial charge in [0.05, 0.1) is 15.7 Å². The number of ether oxygens (including phenoxy) is 1. The Bertz CT molecular complexity index is 748. The molecular formula is C17H17NO5S. The van der Waals surface area contributed by atoms with Gasteiger partial charge in [-0.3, -0.25) is 19.1 Å². The van der Waals surface area contributed by atoms with Gasteiger partial charge in [0.25, 0.3) is 5.69 Å². The Labute approximate surface area is 142 Å². The number of nitro groups is 1. The molecule has 0 radical (unpaired) electrons. The molecule has 0 aliphatic rings. The van der Waals surface area contributed by atoms with E-state index >= 15 is 0 Å². The van der Waals surface area contributed by atoms with Gasteiger partial charge in [0.1, 0.15) is 16.8 Å². The van der Waals surface area contributed by atoms with Gasteiger partial charge in [0, 0.05) is 6.07 Å². The number of benzene rings is 2. The first-order valence-electron chi connectivity index (χ1n) is 7.39. The average molecular weight is 347 g/mol. The third kappa shape index (κ3) is 4.26. The molecule has 2 aromatic carbocycles. The second kappa shape index (κ2) is 8.35. The lowest BCUT2D eigenvalue weighted by atomic mass is 10.2. The van der Waals surface area contributed by atoms with Gasteiger partial charge in [0.15, 0.2) is 0 Å². The van der Waals surface area contributed by atoms with Gasteiger partial charge in [-0.25, -0.2) is 0 Å². The predicted molar refractivity (Wildman–Crippen MR) is 89.8 cm³/mol. The fourth-order valence-corrected chi connectivity index (χ4v) is 3.57. The van der Waals surface area contributed by atoms with E-state index in [0.717, 1.165) is 5.56 Å². The van der Waals surface area contributed by atoms with E-state index in [4.69, 9.17) is 4.74 Å². The van der Waals surface area contributed by atoms with Gasteiger partial charge in [-0.05, 0) is 18.1 Å². The molecule has 0 amide bonds. The van der Waals surface area contributed by atoms with Crippen molar-refractivity contribution in [2.75, 3.05) is 0 Å². The molecule has 0 aromatic heterocycles. The largest absolute Gasteiger partial charge is 0.460 e. The first-order valence-corrected chi connectivity index (χ1v) is 8.60. The van der Waals surface area contributed by atoms with Crippen LogP contribution in [-0.2, 0) is 26.9 Å². The third-order valence-corrected chi connectivity index (χ3v) is 5.22. The highest BCUT2D eigenvalue weighted by molar-refractivity contribution is 7.86. The lowest BCUT2D eigenvalue weighted by molar-refractivity contribution is -0.387. The highest BCUT2D eigenvalue weighted by Crippen LogP contribution is 2.25. The number of carbonyl (C=O) groups excluding carboxylic acids is 1. The zero-order valence-electron chi connectivity index (χ0n) is 13.1. The van der Waals surface area contributed by atoms with Crippen LogP contribution in [0.3, 0.4) is 0 Å². The summed E-state index contributed by atoms with van der Waals surface area (Å²) in [4.78, 5) is 22.8. The molecule has 2 aromatic rings. The molecule has 0 spiro atoms. The maximum absolute atomic E-state index is 12.7. The third-order valence-electron chi connectivity index (χ3n) is 3.39. The topological polar surface area (TPSA) is 86.5 Å². The highest BCUT2D eigenvalue weighted by atomic mass is 32.2. The first-order chi connectivity index (χ1) is 11.5. The van der Waals surface area contributed by atoms with Crippen LogP contribution in [0, 0.1) is 10.1 Å². The van der Waals surface area contributed by atoms with Crippen molar-refractivity contribution < 1.29 is 18.7 Å². The zero-order chi connectivity index (χ0) is 17.5. The van der Waals surface area contributed by atoms with Crippen LogP contribution in [0.4, 0.5) is 5.69 Å². The Kier molecular flexibility index (Phi) is 6.20. The van der Waals surface area contributed by atoms with E-state index < -0.39 is 26.9 Å². The van der Waals surface area contributed by atoms with Crippen LogP contribution in [0.5, 0.6) is 0 Å². The maximum atomic E-state index is 12.7. The molecule has 0 heterocycles. The number of esters is 1. The summed E-state index contributed by atoms with van der Waals surface area (Å²) in [6.45, 7) is 1.77. The number of nitro benzene ring substituents is 1. The van der Waals surface area contributed by atoms with Crippen LogP contribution in [0.2, 0.25) is 0 Å². The highest BCUT2D eigenvalue weighted by Gasteiger charge is 2.30. The summed E-state index contributed by atoms with van der Waals surface area (Å²) in [5.74, 6) is -0.627. The summed E-state index contributed by atoms with van der Waals surface area (Å²) in [5.41, 5.74) is 0.558. The summed E-state index contributed by atoms with van der Waals surface area (Å²) < 4.78 is 17.9. The molecule has 0 fully saturated rings. The molecular weight excluding hydrogens is 330 g/mol. The Morgan fingerprint density at radius 2 is 1.79 bits per heavy atom. The Balaban J connectivity index is 2.14. The summed E-state index contributed by atoms with van der Waals surface area (Å²) in [6.07, 6.45) is 0.256. The van der Waals surface area contributed by atoms with Gasteiger partial charge >= 0.3 is 5.97 Å². The normalized spacial score (nSPS) is 13.0. The predicted octanol–water partition coefficient (Wildman–Crippen LogP) is 3.22. The number of nitrogens with zero attached hydrogens (tertiary/aromatic N) is 1. The van der Waals surface area contributed by atoms with Crippen LogP contribution >= 0.6 is 0 Å². The number of carbonyl (C=O) groups is 1. The van der Waals surface area contributed by atoms with Crippen molar-refractivity contribution in [1.29, 1.82) is 0 Å². The second-order valence-corrected chi connectivity index (χ2v) is 6.62. The molecule has 24 heavy (non-hydrogen) atoms. The van der Waals surface area contributed by atoms with Gasteiger partial charge in [-0.2, -0.15) is 0 Å². The molecule has 6 nitrogen and oxygen atoms in total. The van der Waals surface area contributed by atoms with Crippen molar-refractivity contribution in [3.05, 3.63) is 70.3 Å². The summed E-state index contributed by atoms with van der Waals surface area (Å²) in [7, 11) is -1.86. The summed E-state index contributed by atoms with van der Waals surface area (Å²) >= 11 is 0. The van der Waals surface area contributed by atoms with Crippen LogP contribution in [-0.4, -0.2) is 20.4 Å². The molecule has 0 saturated carbocycles. The average Bonchev–Trinajstić information content (AvgIpc) is 2.61. The monoisotopic (exact) mass is 347 g/mol. The fourth-order valence-electron chi connectivity index (χ4n) is 2.16. The quantitative estimate of drug-likeness (QED) is 0.436. The van der Waals surface area contributed by atoms with E-state index in [1.165, 1.54) is 18.2 Å². The number of para-hydroxylation sites is 1. The molecule has 0 aliphatic carbocycles. The van der Waals surface area contributed by atoms with Crippen LogP contribution in [0.1, 0.15) is 18.9 Å². The van der Waals surface area contributed by atoms with Gasteiger partial charge in [-0.1, -0.05) is 49.4 Å². The number of hydrogen-bond acceptors (Lipinski definition) is 5. The summed E-state index contributed by atoms with van der Waals surface area (Å²) in [6, 6.07) is 14.9. The van der Waals surface area contributed by atoms with Crippen LogP contribution in [0.15, 0.2) is 59.5 Å². The zero-order valence-corrected chi connectivity index (χ0v) is 13.9. The van der Waals surface area contributed by atoms with E-state index in [0.29, 0.717) is 0 Å². The summed E-state index contributed by atoms with van der Waals surface area (Å²) in [5, 5.41) is 10.1. The SMILES string of the molecule is CCC(C(=O)OCc1ccccc1)S(=O)c1ccccc1[N+](=O)[O-]. The second-order valence-electron chi connectivity index (χ2n) is 5.01. The lowest BCUT2D eigenvalue weighted by Crippen LogP contribution is -2.27. The molecule has 7 heteroatoms. The van der Waals surface area contributed by atoms with E-state index in [1.54, 1.807) is 13.0 Å². The van der Waals surface area contributed by atoms with E-state index in [2.05, 4.69) is 0 Å². The number of rotatable bonds is 7. The van der Waals surface area contributed by atoms with E-state index in [9.17, 15) is 19.1 Å². The van der Waals surface area contributed by atoms with Crippen molar-refractivity contribution in [1.82, 2.24) is 0 Å². The molecule has 2 unspecified atom stereocenters. The molecule has 0 aliphatic heterocycles. The molecule has 0 N–H and O–H groups in total. The van der Waals surface area contributed by atoms with Crippen LogP contribution < -0.4 is 0 Å². The van der Waals surface area contributed by atoms with Crippen molar-refractivity contribution in [3.8, 4) is 0 Å². The minimum atomic E-state index is -1.86. The van der Waals surface area contributed by atoms with Crippen LogP contribution in [0.25, 0.3) is 0 Å². The molecule has 0 saturated heterocycles. The van der Waals surface area contributed by atoms with E-state index in [-0.39, 0.29) is 23.6 Å². The molecule has 2 rings (SSSR count). The van der Waals surface area contributed by atoms with Crippen molar-refractivity contribution in [3.63, 3.8) is 0 Å². The Hall–Kier alpha value is -2.54. The molecule has 2 atom stereocenters. The minimum Gasteiger partial charge on any atom is -0.460 e. The molecule has 0 bridgehead atoms. The smallest absolute Gasteiger partial charge is 0.322 e. The van der Waals surface area contributed by atoms with Gasteiger partial charge in [0.2, 0.25) is 0 Å². The number of hydrogen-bond donors (Lipinski definition) is 0. The Morgan fingerprint density at radius 3 is 2.42 bits per heavy atom. The van der Waals surface area contributed by atoms with Crippen molar-refractivity contribution in [2.45, 2.75) is 30.1 Å².